The first kappa shape index (κ1) is 22.8. The van der Waals surface area contributed by atoms with Gasteiger partial charge in [0.2, 0.25) is 0 Å². The van der Waals surface area contributed by atoms with E-state index in [4.69, 9.17) is 56.2 Å². The van der Waals surface area contributed by atoms with E-state index in [1.807, 2.05) is 0 Å². The van der Waals surface area contributed by atoms with Gasteiger partial charge in [0.05, 0.1) is 0 Å². The Bertz CT molecular complexity index is 417. The van der Waals surface area contributed by atoms with Crippen LogP contribution in [0.25, 0.3) is 0 Å². The molecule has 8 nitrogen and oxygen atoms in total. The zero-order valence-electron chi connectivity index (χ0n) is 9.90. The van der Waals surface area contributed by atoms with Crippen LogP contribution in [0.2, 0.25) is 0 Å². The quantitative estimate of drug-likeness (QED) is 0.495. The second-order valence-electron chi connectivity index (χ2n) is 2.33. The highest BCUT2D eigenvalue weighted by molar-refractivity contribution is 7.48. The summed E-state index contributed by atoms with van der Waals surface area (Å²) in [4.78, 5) is 16.0. The van der Waals surface area contributed by atoms with Crippen molar-refractivity contribution in [3.8, 4) is 0 Å². The van der Waals surface area contributed by atoms with Crippen molar-refractivity contribution in [3.63, 3.8) is 0 Å². The van der Waals surface area contributed by atoms with E-state index in [1.54, 1.807) is 0 Å². The average Bonchev–Trinajstić information content (AvgIpc) is 2.33. The first-order valence-electron chi connectivity index (χ1n) is 4.12. The summed E-state index contributed by atoms with van der Waals surface area (Å²) in [6.07, 6.45) is 1.43. The average molecular weight is 414 g/mol. The Kier molecular flexibility index (Phi) is 12.7. The van der Waals surface area contributed by atoms with E-state index in [-0.39, 0.29) is 8.98 Å². The van der Waals surface area contributed by atoms with E-state index in [9.17, 15) is 9.13 Å². The minimum atomic E-state index is -4.46. The lowest BCUT2D eigenvalue weighted by Crippen LogP contribution is -1.88. The van der Waals surface area contributed by atoms with Gasteiger partial charge in [0, 0.05) is 14.2 Å². The molecule has 0 saturated carbocycles. The maximum absolute atomic E-state index is 11.0. The molecule has 0 unspecified atom stereocenters. The molecule has 20 heavy (non-hydrogen) atoms. The molecule has 0 aromatic carbocycles. The topological polar surface area (TPSA) is 112 Å². The van der Waals surface area contributed by atoms with Crippen molar-refractivity contribution in [1.29, 1.82) is 0 Å². The number of rotatable bonds is 6. The lowest BCUT2D eigenvalue weighted by molar-refractivity contribution is 0.194. The van der Waals surface area contributed by atoms with Crippen LogP contribution in [0.15, 0.2) is 21.5 Å². The molecule has 0 aliphatic heterocycles. The fraction of sp³-hybridized carbons (Fsp3) is 0.333. The zero-order valence-corrected chi connectivity index (χ0v) is 14.7. The van der Waals surface area contributed by atoms with E-state index in [0.29, 0.717) is 6.26 Å². The summed E-state index contributed by atoms with van der Waals surface area (Å²) in [7, 11) is -5.58. The minimum Gasteiger partial charge on any atom is -0.410 e. The van der Waals surface area contributed by atoms with Crippen molar-refractivity contribution in [2.75, 3.05) is 14.2 Å². The molecule has 0 atom stereocenters. The van der Waals surface area contributed by atoms with Crippen molar-refractivity contribution in [2.45, 2.75) is 0 Å². The van der Waals surface area contributed by atoms with Crippen LogP contribution in [0.1, 0.15) is 0 Å². The molecule has 0 aromatic rings. The normalized spacial score (nSPS) is 10.8. The number of phosphoric acid groups is 2. The maximum atomic E-state index is 11.0. The van der Waals surface area contributed by atoms with Gasteiger partial charge < -0.3 is 9.05 Å². The fourth-order valence-corrected chi connectivity index (χ4v) is 1.60. The Morgan fingerprint density at radius 2 is 1.25 bits per heavy atom. The fourth-order valence-electron chi connectivity index (χ4n) is 0.373. The van der Waals surface area contributed by atoms with Crippen molar-refractivity contribution in [2.24, 2.45) is 0 Å². The van der Waals surface area contributed by atoms with Gasteiger partial charge >= 0.3 is 15.6 Å². The third-order valence-corrected chi connectivity index (χ3v) is 2.99. The maximum Gasteiger partial charge on any atom is 0.529 e. The van der Waals surface area contributed by atoms with E-state index >= 15 is 0 Å². The van der Waals surface area contributed by atoms with Crippen LogP contribution < -0.4 is 0 Å². The number of halogens is 4. The molecule has 0 rings (SSSR count). The van der Waals surface area contributed by atoms with E-state index in [1.165, 1.54) is 14.2 Å². The Balaban J connectivity index is 0. The van der Waals surface area contributed by atoms with Crippen LogP contribution in [-0.4, -0.2) is 24.0 Å². The van der Waals surface area contributed by atoms with Gasteiger partial charge in [-0.15, -0.1) is 0 Å². The monoisotopic (exact) mass is 412 g/mol. The van der Waals surface area contributed by atoms with Gasteiger partial charge in [0.15, 0.2) is 0 Å². The summed E-state index contributed by atoms with van der Waals surface area (Å²) in [6.45, 7) is 0. The highest BCUT2D eigenvalue weighted by Crippen LogP contribution is 2.48. The molecular weight excluding hydrogens is 404 g/mol. The van der Waals surface area contributed by atoms with E-state index in [0.717, 1.165) is 6.26 Å². The Hall–Kier alpha value is 0.540. The number of hydrogen-bond donors (Lipinski definition) is 2. The van der Waals surface area contributed by atoms with Crippen LogP contribution >= 0.6 is 62.0 Å². The van der Waals surface area contributed by atoms with Crippen molar-refractivity contribution < 1.29 is 37.0 Å². The molecule has 0 fully saturated rings. The van der Waals surface area contributed by atoms with Crippen LogP contribution in [0.4, 0.5) is 0 Å². The van der Waals surface area contributed by atoms with Gasteiger partial charge in [-0.25, -0.2) is 9.13 Å². The summed E-state index contributed by atoms with van der Waals surface area (Å²) >= 11 is 20.2. The molecule has 120 valence electrons. The van der Waals surface area contributed by atoms with Crippen molar-refractivity contribution in [1.82, 2.24) is 0 Å². The molecule has 0 heterocycles. The van der Waals surface area contributed by atoms with Crippen LogP contribution in [0.5, 0.6) is 0 Å². The first-order chi connectivity index (χ1) is 8.95. The summed E-state index contributed by atoms with van der Waals surface area (Å²) in [5.74, 6) is 0. The smallest absolute Gasteiger partial charge is 0.410 e. The molecule has 0 spiro atoms. The highest BCUT2D eigenvalue weighted by Gasteiger charge is 2.22. The van der Waals surface area contributed by atoms with E-state index < -0.39 is 15.6 Å². The highest BCUT2D eigenvalue weighted by atomic mass is 35.5. The third kappa shape index (κ3) is 16.6. The SMILES string of the molecule is COP(=O)(OC)OC=C(Cl)Cl.O=P(O)(O)OC=C(Cl)Cl. The predicted molar refractivity (Wildman–Crippen MR) is 75.4 cm³/mol. The number of hydrogen-bond acceptors (Lipinski definition) is 6. The largest absolute Gasteiger partial charge is 0.529 e. The second-order valence-corrected chi connectivity index (χ2v) is 7.37. The van der Waals surface area contributed by atoms with Crippen LogP contribution in [-0.2, 0) is 27.2 Å². The van der Waals surface area contributed by atoms with Crippen LogP contribution in [0.3, 0.4) is 0 Å². The third-order valence-electron chi connectivity index (χ3n) is 0.997. The van der Waals surface area contributed by atoms with Crippen LogP contribution in [0, 0.1) is 0 Å². The molecule has 0 bridgehead atoms. The summed E-state index contributed by atoms with van der Waals surface area (Å²) in [5.41, 5.74) is 0. The van der Waals surface area contributed by atoms with E-state index in [2.05, 4.69) is 18.1 Å². The molecule has 0 amide bonds. The molecule has 2 N–H and O–H groups in total. The van der Waals surface area contributed by atoms with Crippen molar-refractivity contribution >= 4 is 62.0 Å². The summed E-state index contributed by atoms with van der Waals surface area (Å²) in [5, 5.41) is 0. The van der Waals surface area contributed by atoms with Gasteiger partial charge in [-0.2, -0.15) is 0 Å². The first-order valence-corrected chi connectivity index (χ1v) is 8.62. The lowest BCUT2D eigenvalue weighted by atomic mass is 11.2. The standard InChI is InChI=1S/C4H7Cl2O4P.C2H3Cl2O4P/c1-8-11(7,9-2)10-3-4(5)6;3-2(4)1-8-9(5,6)7/h3H,1-2H3;1H,(H2,5,6,7). The molecule has 0 radical (unpaired) electrons. The van der Waals surface area contributed by atoms with Gasteiger partial charge in [-0.3, -0.25) is 18.8 Å². The predicted octanol–water partition coefficient (Wildman–Crippen LogP) is 4.05. The van der Waals surface area contributed by atoms with Gasteiger partial charge in [-0.1, -0.05) is 46.4 Å². The van der Waals surface area contributed by atoms with Crippen molar-refractivity contribution in [3.05, 3.63) is 21.5 Å². The molecule has 0 saturated heterocycles. The zero-order chi connectivity index (χ0) is 16.4. The van der Waals surface area contributed by atoms with Gasteiger partial charge in [-0.05, 0) is 0 Å². The van der Waals surface area contributed by atoms with Gasteiger partial charge in [0.25, 0.3) is 0 Å². The Labute approximate surface area is 135 Å². The minimum absolute atomic E-state index is 0.167. The Morgan fingerprint density at radius 1 is 0.900 bits per heavy atom. The number of phosphoric ester groups is 2. The van der Waals surface area contributed by atoms with Gasteiger partial charge in [0.1, 0.15) is 21.5 Å². The molecule has 0 aliphatic rings. The summed E-state index contributed by atoms with van der Waals surface area (Å²) in [6, 6.07) is 0. The molecular formula is C6H10Cl4O8P2. The lowest BCUT2D eigenvalue weighted by Gasteiger charge is -2.10. The Morgan fingerprint density at radius 3 is 1.45 bits per heavy atom. The molecule has 0 aromatic heterocycles. The molecule has 14 heteroatoms. The summed E-state index contributed by atoms with van der Waals surface area (Å²) < 4.78 is 37.3. The molecule has 0 aliphatic carbocycles. The second kappa shape index (κ2) is 11.2.